The number of hydrogen-bond acceptors (Lipinski definition) is 4. The van der Waals surface area contributed by atoms with E-state index in [9.17, 15) is 4.79 Å². The molecule has 0 spiro atoms. The van der Waals surface area contributed by atoms with Crippen LogP contribution in [-0.4, -0.2) is 69.1 Å². The zero-order chi connectivity index (χ0) is 17.1. The molecule has 1 rings (SSSR count). The average Bonchev–Trinajstić information content (AvgIpc) is 3.02. The lowest BCUT2D eigenvalue weighted by Gasteiger charge is -2.22. The Balaban J connectivity index is 2.58. The summed E-state index contributed by atoms with van der Waals surface area (Å²) in [5.74, 6) is 0.727. The fraction of sp³-hybridized carbons (Fsp3) is 0.625. The summed E-state index contributed by atoms with van der Waals surface area (Å²) in [6.07, 6.45) is 0.904. The first-order chi connectivity index (χ1) is 11.0. The molecule has 0 saturated heterocycles. The van der Waals surface area contributed by atoms with Crippen molar-refractivity contribution in [1.82, 2.24) is 15.1 Å². The van der Waals surface area contributed by atoms with Crippen LogP contribution in [0.15, 0.2) is 21.8 Å². The van der Waals surface area contributed by atoms with Gasteiger partial charge in [-0.2, -0.15) is 11.3 Å². The van der Waals surface area contributed by atoms with Crippen molar-refractivity contribution in [2.75, 3.05) is 47.4 Å². The van der Waals surface area contributed by atoms with Crippen LogP contribution in [0.25, 0.3) is 0 Å². The fourth-order valence-electron chi connectivity index (χ4n) is 1.85. The molecule has 0 aromatic carbocycles. The molecule has 0 radical (unpaired) electrons. The molecule has 0 atom stereocenters. The fourth-order valence-corrected chi connectivity index (χ4v) is 2.51. The van der Waals surface area contributed by atoms with E-state index in [1.165, 1.54) is 5.56 Å². The van der Waals surface area contributed by atoms with Gasteiger partial charge >= 0.3 is 0 Å². The Bertz CT molecular complexity index is 474. The maximum atomic E-state index is 11.8. The second kappa shape index (κ2) is 11.0. The summed E-state index contributed by atoms with van der Waals surface area (Å²) in [5, 5.41) is 7.49. The molecule has 1 amide bonds. The second-order valence-electron chi connectivity index (χ2n) is 5.39. The summed E-state index contributed by atoms with van der Waals surface area (Å²) in [6.45, 7) is 5.12. The zero-order valence-electron chi connectivity index (χ0n) is 14.5. The van der Waals surface area contributed by atoms with Crippen LogP contribution in [0.5, 0.6) is 0 Å². The molecule has 1 aromatic heterocycles. The predicted molar refractivity (Wildman–Crippen MR) is 95.9 cm³/mol. The summed E-state index contributed by atoms with van der Waals surface area (Å²) in [7, 11) is 5.45. The highest BCUT2D eigenvalue weighted by molar-refractivity contribution is 7.07. The van der Waals surface area contributed by atoms with Crippen LogP contribution >= 0.6 is 11.3 Å². The molecule has 0 aliphatic rings. The number of likely N-dealkylation sites (N-methyl/N-ethyl adjacent to an activating group) is 1. The lowest BCUT2D eigenvalue weighted by atomic mass is 10.3. The van der Waals surface area contributed by atoms with Crippen LogP contribution in [0.2, 0.25) is 0 Å². The van der Waals surface area contributed by atoms with Gasteiger partial charge in [-0.1, -0.05) is 0 Å². The second-order valence-corrected chi connectivity index (χ2v) is 6.17. The smallest absolute Gasteiger partial charge is 0.243 e. The maximum Gasteiger partial charge on any atom is 0.243 e. The molecule has 23 heavy (non-hydrogen) atoms. The van der Waals surface area contributed by atoms with Gasteiger partial charge in [0, 0.05) is 47.4 Å². The normalized spacial score (nSPS) is 11.4. The predicted octanol–water partition coefficient (Wildman–Crippen LogP) is 1.64. The number of nitrogens with zero attached hydrogens (tertiary/aromatic N) is 3. The largest absolute Gasteiger partial charge is 0.382 e. The number of aliphatic imine (C=N–C) groups is 1. The van der Waals surface area contributed by atoms with Crippen LogP contribution in [0.1, 0.15) is 18.9 Å². The molecule has 0 bridgehead atoms. The van der Waals surface area contributed by atoms with E-state index in [4.69, 9.17) is 4.74 Å². The molecular formula is C16H28N4O2S. The summed E-state index contributed by atoms with van der Waals surface area (Å²) in [4.78, 5) is 19.8. The molecule has 6 nitrogen and oxygen atoms in total. The number of nitrogens with one attached hydrogen (secondary N) is 1. The quantitative estimate of drug-likeness (QED) is 0.422. The van der Waals surface area contributed by atoms with Gasteiger partial charge in [-0.3, -0.25) is 4.79 Å². The Hall–Kier alpha value is -1.60. The molecule has 1 heterocycles. The Morgan fingerprint density at radius 2 is 2.17 bits per heavy atom. The number of carbonyl (C=O) groups is 1. The first-order valence-electron chi connectivity index (χ1n) is 7.83. The number of ether oxygens (including phenoxy) is 1. The van der Waals surface area contributed by atoms with Gasteiger partial charge in [-0.15, -0.1) is 0 Å². The molecule has 1 aromatic rings. The Morgan fingerprint density at radius 3 is 2.78 bits per heavy atom. The van der Waals surface area contributed by atoms with Crippen LogP contribution < -0.4 is 5.32 Å². The summed E-state index contributed by atoms with van der Waals surface area (Å²) in [5.41, 5.74) is 1.24. The molecule has 0 saturated carbocycles. The van der Waals surface area contributed by atoms with Crippen molar-refractivity contribution in [3.8, 4) is 0 Å². The highest BCUT2D eigenvalue weighted by Gasteiger charge is 2.09. The van der Waals surface area contributed by atoms with Gasteiger partial charge in [0.25, 0.3) is 0 Å². The Kier molecular flexibility index (Phi) is 9.31. The number of amides is 1. The van der Waals surface area contributed by atoms with Crippen molar-refractivity contribution >= 4 is 23.2 Å². The number of rotatable bonds is 9. The minimum absolute atomic E-state index is 0.0115. The van der Waals surface area contributed by atoms with Crippen molar-refractivity contribution in [1.29, 1.82) is 0 Å². The molecule has 130 valence electrons. The van der Waals surface area contributed by atoms with Crippen molar-refractivity contribution < 1.29 is 9.53 Å². The minimum atomic E-state index is -0.0115. The molecule has 0 fully saturated rings. The van der Waals surface area contributed by atoms with E-state index in [0.717, 1.165) is 38.7 Å². The molecule has 1 N–H and O–H groups in total. The van der Waals surface area contributed by atoms with Crippen molar-refractivity contribution in [2.45, 2.75) is 19.9 Å². The van der Waals surface area contributed by atoms with Gasteiger partial charge in [-0.05, 0) is 35.7 Å². The van der Waals surface area contributed by atoms with Crippen LogP contribution in [0, 0.1) is 0 Å². The van der Waals surface area contributed by atoms with Gasteiger partial charge in [0.05, 0.1) is 0 Å². The third-order valence-corrected chi connectivity index (χ3v) is 3.91. The van der Waals surface area contributed by atoms with E-state index in [2.05, 4.69) is 27.1 Å². The maximum absolute atomic E-state index is 11.8. The average molecular weight is 340 g/mol. The number of thiophene rings is 1. The Labute approximate surface area is 143 Å². The van der Waals surface area contributed by atoms with E-state index in [1.54, 1.807) is 30.3 Å². The SMILES string of the molecule is CCOCCCNC(=NCC(=O)N(C)C)N(C)Cc1ccsc1. The van der Waals surface area contributed by atoms with Gasteiger partial charge in [0.2, 0.25) is 5.91 Å². The van der Waals surface area contributed by atoms with Crippen LogP contribution in [-0.2, 0) is 16.1 Å². The van der Waals surface area contributed by atoms with Gasteiger partial charge in [-0.25, -0.2) is 4.99 Å². The van der Waals surface area contributed by atoms with Gasteiger partial charge in [0.15, 0.2) is 5.96 Å². The van der Waals surface area contributed by atoms with Crippen LogP contribution in [0.4, 0.5) is 0 Å². The highest BCUT2D eigenvalue weighted by atomic mass is 32.1. The summed E-state index contributed by atoms with van der Waals surface area (Å²) in [6, 6.07) is 2.10. The zero-order valence-corrected chi connectivity index (χ0v) is 15.4. The van der Waals surface area contributed by atoms with Crippen molar-refractivity contribution in [3.63, 3.8) is 0 Å². The van der Waals surface area contributed by atoms with Gasteiger partial charge in [0.1, 0.15) is 6.54 Å². The van der Waals surface area contributed by atoms with E-state index >= 15 is 0 Å². The first-order valence-corrected chi connectivity index (χ1v) is 8.77. The monoisotopic (exact) mass is 340 g/mol. The lowest BCUT2D eigenvalue weighted by Crippen LogP contribution is -2.40. The third kappa shape index (κ3) is 7.99. The molecule has 7 heteroatoms. The van der Waals surface area contributed by atoms with E-state index < -0.39 is 0 Å². The summed E-state index contributed by atoms with van der Waals surface area (Å²) >= 11 is 1.68. The number of carbonyl (C=O) groups excluding carboxylic acids is 1. The molecule has 0 unspecified atom stereocenters. The molecule has 0 aliphatic heterocycles. The highest BCUT2D eigenvalue weighted by Crippen LogP contribution is 2.08. The first kappa shape index (κ1) is 19.4. The van der Waals surface area contributed by atoms with E-state index in [1.807, 2.05) is 18.9 Å². The standard InChI is InChI=1S/C16H28N4O2S/c1-5-22-9-6-8-17-16(18-11-15(21)19(2)3)20(4)12-14-7-10-23-13-14/h7,10,13H,5-6,8-9,11-12H2,1-4H3,(H,17,18). The summed E-state index contributed by atoms with van der Waals surface area (Å²) < 4.78 is 5.34. The third-order valence-electron chi connectivity index (χ3n) is 3.18. The van der Waals surface area contributed by atoms with Crippen molar-refractivity contribution in [2.24, 2.45) is 4.99 Å². The lowest BCUT2D eigenvalue weighted by molar-refractivity contribution is -0.127. The molecule has 0 aliphatic carbocycles. The number of guanidine groups is 1. The minimum Gasteiger partial charge on any atom is -0.382 e. The van der Waals surface area contributed by atoms with Crippen molar-refractivity contribution in [3.05, 3.63) is 22.4 Å². The van der Waals surface area contributed by atoms with E-state index in [-0.39, 0.29) is 12.5 Å². The Morgan fingerprint density at radius 1 is 1.39 bits per heavy atom. The molecular weight excluding hydrogens is 312 g/mol. The topological polar surface area (TPSA) is 57.2 Å². The van der Waals surface area contributed by atoms with Gasteiger partial charge < -0.3 is 19.9 Å². The van der Waals surface area contributed by atoms with Crippen LogP contribution in [0.3, 0.4) is 0 Å². The number of hydrogen-bond donors (Lipinski definition) is 1. The van der Waals surface area contributed by atoms with E-state index in [0.29, 0.717) is 0 Å².